The highest BCUT2D eigenvalue weighted by Gasteiger charge is 2.07. The van der Waals surface area contributed by atoms with Gasteiger partial charge in [0.1, 0.15) is 0 Å². The molecule has 0 aliphatic carbocycles. The average Bonchev–Trinajstić information content (AvgIpc) is 2.46. The Bertz CT molecular complexity index is 460. The van der Waals surface area contributed by atoms with Gasteiger partial charge >= 0.3 is 0 Å². The van der Waals surface area contributed by atoms with Crippen molar-refractivity contribution >= 4 is 22.5 Å². The van der Waals surface area contributed by atoms with Crippen molar-refractivity contribution in [1.82, 2.24) is 9.88 Å². The molecule has 0 spiro atoms. The zero-order valence-corrected chi connectivity index (χ0v) is 9.10. The predicted octanol–water partition coefficient (Wildman–Crippen LogP) is 2.55. The van der Waals surface area contributed by atoms with Crippen LogP contribution < -0.4 is 5.32 Å². The number of rotatable bonds is 2. The third-order valence-electron chi connectivity index (χ3n) is 2.46. The highest BCUT2D eigenvalue weighted by Crippen LogP contribution is 2.25. The summed E-state index contributed by atoms with van der Waals surface area (Å²) in [7, 11) is 3.99. The lowest BCUT2D eigenvalue weighted by Crippen LogP contribution is -2.08. The second kappa shape index (κ2) is 3.64. The number of nitrogens with zero attached hydrogens (tertiary/aromatic N) is 1. The van der Waals surface area contributed by atoms with Crippen LogP contribution in [-0.2, 0) is 13.6 Å². The minimum Gasteiger partial charge on any atom is -0.345 e. The van der Waals surface area contributed by atoms with Gasteiger partial charge in [-0.05, 0) is 19.2 Å². The molecule has 0 atom stereocenters. The molecule has 74 valence electrons. The summed E-state index contributed by atoms with van der Waals surface area (Å²) in [6.45, 7) is 0.863. The highest BCUT2D eigenvalue weighted by molar-refractivity contribution is 6.35. The number of nitrogens with one attached hydrogen (secondary N) is 1. The van der Waals surface area contributed by atoms with Gasteiger partial charge in [-0.1, -0.05) is 23.7 Å². The lowest BCUT2D eigenvalue weighted by molar-refractivity contribution is 0.745. The zero-order chi connectivity index (χ0) is 10.1. The van der Waals surface area contributed by atoms with Crippen LogP contribution in [0.4, 0.5) is 0 Å². The molecule has 0 saturated carbocycles. The molecular formula is C11H13ClN2. The number of benzene rings is 1. The summed E-state index contributed by atoms with van der Waals surface area (Å²) >= 11 is 6.13. The summed E-state index contributed by atoms with van der Waals surface area (Å²) in [6.07, 6.45) is 0. The third kappa shape index (κ3) is 1.41. The van der Waals surface area contributed by atoms with Crippen LogP contribution in [0.3, 0.4) is 0 Å². The van der Waals surface area contributed by atoms with E-state index in [2.05, 4.69) is 22.0 Å². The van der Waals surface area contributed by atoms with Crippen LogP contribution in [0.15, 0.2) is 24.3 Å². The molecule has 0 unspecified atom stereocenters. The summed E-state index contributed by atoms with van der Waals surface area (Å²) in [5.41, 5.74) is 2.36. The predicted molar refractivity (Wildman–Crippen MR) is 60.7 cm³/mol. The Hall–Kier alpha value is -0.990. The summed E-state index contributed by atoms with van der Waals surface area (Å²) in [4.78, 5) is 0. The van der Waals surface area contributed by atoms with Crippen molar-refractivity contribution in [3.05, 3.63) is 35.0 Å². The minimum absolute atomic E-state index is 0.812. The Morgan fingerprint density at radius 1 is 1.43 bits per heavy atom. The van der Waals surface area contributed by atoms with Crippen molar-refractivity contribution in [1.29, 1.82) is 0 Å². The molecule has 2 nitrogen and oxygen atoms in total. The maximum Gasteiger partial charge on any atom is 0.0669 e. The Labute approximate surface area is 88.5 Å². The van der Waals surface area contributed by atoms with Crippen LogP contribution in [0.5, 0.6) is 0 Å². The van der Waals surface area contributed by atoms with Crippen LogP contribution >= 0.6 is 11.6 Å². The monoisotopic (exact) mass is 208 g/mol. The van der Waals surface area contributed by atoms with Gasteiger partial charge in [0.15, 0.2) is 0 Å². The number of aryl methyl sites for hydroxylation is 1. The van der Waals surface area contributed by atoms with E-state index in [0.29, 0.717) is 0 Å². The zero-order valence-electron chi connectivity index (χ0n) is 8.34. The van der Waals surface area contributed by atoms with Crippen molar-refractivity contribution in [2.24, 2.45) is 7.05 Å². The second-order valence-corrected chi connectivity index (χ2v) is 3.81. The molecule has 0 fully saturated rings. The van der Waals surface area contributed by atoms with Crippen LogP contribution in [0.1, 0.15) is 5.69 Å². The van der Waals surface area contributed by atoms with E-state index >= 15 is 0 Å². The first-order valence-electron chi connectivity index (χ1n) is 4.61. The van der Waals surface area contributed by atoms with E-state index in [4.69, 9.17) is 11.6 Å². The first-order valence-corrected chi connectivity index (χ1v) is 4.99. The molecule has 1 N–H and O–H groups in total. The van der Waals surface area contributed by atoms with Gasteiger partial charge in [-0.25, -0.2) is 0 Å². The van der Waals surface area contributed by atoms with Gasteiger partial charge < -0.3 is 9.88 Å². The van der Waals surface area contributed by atoms with E-state index < -0.39 is 0 Å². The first kappa shape index (κ1) is 9.56. The largest absolute Gasteiger partial charge is 0.345 e. The fraction of sp³-hybridized carbons (Fsp3) is 0.273. The Morgan fingerprint density at radius 2 is 2.21 bits per heavy atom. The molecule has 1 aromatic carbocycles. The molecule has 1 heterocycles. The second-order valence-electron chi connectivity index (χ2n) is 3.40. The molecule has 14 heavy (non-hydrogen) atoms. The smallest absolute Gasteiger partial charge is 0.0669 e. The molecule has 2 rings (SSSR count). The van der Waals surface area contributed by atoms with Crippen molar-refractivity contribution in [2.75, 3.05) is 7.05 Å². The summed E-state index contributed by atoms with van der Waals surface area (Å²) in [5.74, 6) is 0. The molecular weight excluding hydrogens is 196 g/mol. The van der Waals surface area contributed by atoms with Gasteiger partial charge in [0.2, 0.25) is 0 Å². The van der Waals surface area contributed by atoms with Crippen molar-refractivity contribution in [3.8, 4) is 0 Å². The Kier molecular flexibility index (Phi) is 2.48. The number of halogens is 1. The fourth-order valence-corrected chi connectivity index (χ4v) is 2.08. The number of para-hydroxylation sites is 1. The Balaban J connectivity index is 2.68. The maximum absolute atomic E-state index is 6.13. The highest BCUT2D eigenvalue weighted by atomic mass is 35.5. The van der Waals surface area contributed by atoms with Gasteiger partial charge in [-0.3, -0.25) is 0 Å². The van der Waals surface area contributed by atoms with Gasteiger partial charge in [0, 0.05) is 24.7 Å². The number of hydrogen-bond acceptors (Lipinski definition) is 1. The maximum atomic E-state index is 6.13. The topological polar surface area (TPSA) is 17.0 Å². The standard InChI is InChI=1S/C11H13ClN2/c1-13-7-9-6-8-4-3-5-10(12)11(8)14(9)2/h3-6,13H,7H2,1-2H3. The lowest BCUT2D eigenvalue weighted by atomic mass is 10.2. The summed E-state index contributed by atoms with van der Waals surface area (Å²) < 4.78 is 2.13. The van der Waals surface area contributed by atoms with Gasteiger partial charge in [-0.2, -0.15) is 0 Å². The summed E-state index contributed by atoms with van der Waals surface area (Å²) in [6, 6.07) is 8.15. The SMILES string of the molecule is CNCc1cc2cccc(Cl)c2n1C. The fourth-order valence-electron chi connectivity index (χ4n) is 1.77. The first-order chi connectivity index (χ1) is 6.74. The van der Waals surface area contributed by atoms with Crippen molar-refractivity contribution in [2.45, 2.75) is 6.54 Å². The minimum atomic E-state index is 0.812. The lowest BCUT2D eigenvalue weighted by Gasteiger charge is -2.03. The van der Waals surface area contributed by atoms with Gasteiger partial charge in [0.25, 0.3) is 0 Å². The van der Waals surface area contributed by atoms with Crippen LogP contribution in [-0.4, -0.2) is 11.6 Å². The molecule has 1 aromatic heterocycles. The van der Waals surface area contributed by atoms with Crippen LogP contribution in [0.25, 0.3) is 10.9 Å². The molecule has 0 amide bonds. The normalized spacial score (nSPS) is 11.1. The number of hydrogen-bond donors (Lipinski definition) is 1. The van der Waals surface area contributed by atoms with Crippen molar-refractivity contribution < 1.29 is 0 Å². The average molecular weight is 209 g/mol. The molecule has 3 heteroatoms. The van der Waals surface area contributed by atoms with E-state index in [-0.39, 0.29) is 0 Å². The quantitative estimate of drug-likeness (QED) is 0.803. The van der Waals surface area contributed by atoms with E-state index in [1.165, 1.54) is 11.1 Å². The van der Waals surface area contributed by atoms with Gasteiger partial charge in [-0.15, -0.1) is 0 Å². The van der Waals surface area contributed by atoms with E-state index in [1.54, 1.807) is 0 Å². The molecule has 2 aromatic rings. The third-order valence-corrected chi connectivity index (χ3v) is 2.77. The molecule has 0 aliphatic heterocycles. The Morgan fingerprint density at radius 3 is 2.86 bits per heavy atom. The molecule has 0 saturated heterocycles. The number of fused-ring (bicyclic) bond motifs is 1. The van der Waals surface area contributed by atoms with Crippen molar-refractivity contribution in [3.63, 3.8) is 0 Å². The number of aromatic nitrogens is 1. The molecule has 0 radical (unpaired) electrons. The van der Waals surface area contributed by atoms with Crippen LogP contribution in [0, 0.1) is 0 Å². The molecule has 0 aliphatic rings. The van der Waals surface area contributed by atoms with Gasteiger partial charge in [0.05, 0.1) is 10.5 Å². The van der Waals surface area contributed by atoms with E-state index in [0.717, 1.165) is 17.1 Å². The van der Waals surface area contributed by atoms with E-state index in [9.17, 15) is 0 Å². The van der Waals surface area contributed by atoms with E-state index in [1.807, 2.05) is 26.2 Å². The molecule has 0 bridgehead atoms. The summed E-state index contributed by atoms with van der Waals surface area (Å²) in [5, 5.41) is 5.15. The van der Waals surface area contributed by atoms with Crippen LogP contribution in [0.2, 0.25) is 5.02 Å².